The SMILES string of the molecule is Cc1cccc(S(=O)(=O)NCCS(=O)(=O)Nc2ccccc2)c1. The van der Waals surface area contributed by atoms with Crippen LogP contribution in [0.15, 0.2) is 59.5 Å². The van der Waals surface area contributed by atoms with Crippen molar-refractivity contribution in [3.05, 3.63) is 60.2 Å². The second-order valence-electron chi connectivity index (χ2n) is 5.00. The van der Waals surface area contributed by atoms with Gasteiger partial charge in [0.1, 0.15) is 0 Å². The zero-order chi connectivity index (χ0) is 16.9. The van der Waals surface area contributed by atoms with Gasteiger partial charge in [-0.25, -0.2) is 21.6 Å². The molecule has 2 rings (SSSR count). The molecule has 8 heteroatoms. The van der Waals surface area contributed by atoms with Gasteiger partial charge in [0.2, 0.25) is 20.0 Å². The van der Waals surface area contributed by atoms with Gasteiger partial charge in [-0.05, 0) is 36.8 Å². The van der Waals surface area contributed by atoms with Crippen LogP contribution >= 0.6 is 0 Å². The van der Waals surface area contributed by atoms with Crippen LogP contribution in [0.4, 0.5) is 5.69 Å². The van der Waals surface area contributed by atoms with E-state index in [2.05, 4.69) is 9.44 Å². The molecule has 124 valence electrons. The maximum absolute atomic E-state index is 12.1. The molecule has 0 saturated heterocycles. The molecule has 6 nitrogen and oxygen atoms in total. The highest BCUT2D eigenvalue weighted by Gasteiger charge is 2.16. The molecule has 0 atom stereocenters. The number of sulfonamides is 2. The summed E-state index contributed by atoms with van der Waals surface area (Å²) in [5.41, 5.74) is 1.25. The van der Waals surface area contributed by atoms with Gasteiger partial charge in [-0.3, -0.25) is 4.72 Å². The Morgan fingerprint density at radius 1 is 0.913 bits per heavy atom. The third-order valence-electron chi connectivity index (χ3n) is 3.01. The number of hydrogen-bond donors (Lipinski definition) is 2. The first kappa shape index (κ1) is 17.5. The zero-order valence-corrected chi connectivity index (χ0v) is 14.2. The summed E-state index contributed by atoms with van der Waals surface area (Å²) >= 11 is 0. The number of aryl methyl sites for hydroxylation is 1. The van der Waals surface area contributed by atoms with Crippen molar-refractivity contribution in [2.45, 2.75) is 11.8 Å². The minimum absolute atomic E-state index is 0.117. The summed E-state index contributed by atoms with van der Waals surface area (Å²) < 4.78 is 52.8. The molecule has 0 unspecified atom stereocenters. The van der Waals surface area contributed by atoms with Gasteiger partial charge in [0.05, 0.1) is 10.6 Å². The monoisotopic (exact) mass is 354 g/mol. The second kappa shape index (κ2) is 7.12. The number of para-hydroxylation sites is 1. The average Bonchev–Trinajstić information content (AvgIpc) is 2.47. The van der Waals surface area contributed by atoms with E-state index in [0.717, 1.165) is 5.56 Å². The number of anilines is 1. The molecule has 0 spiro atoms. The maximum atomic E-state index is 12.1. The highest BCUT2D eigenvalue weighted by molar-refractivity contribution is 7.92. The largest absolute Gasteiger partial charge is 0.284 e. The van der Waals surface area contributed by atoms with E-state index in [0.29, 0.717) is 5.69 Å². The van der Waals surface area contributed by atoms with E-state index < -0.39 is 20.0 Å². The van der Waals surface area contributed by atoms with Crippen LogP contribution in [0.3, 0.4) is 0 Å². The van der Waals surface area contributed by atoms with Crippen molar-refractivity contribution in [1.82, 2.24) is 4.72 Å². The van der Waals surface area contributed by atoms with Crippen molar-refractivity contribution >= 4 is 25.7 Å². The van der Waals surface area contributed by atoms with Crippen molar-refractivity contribution in [1.29, 1.82) is 0 Å². The fraction of sp³-hybridized carbons (Fsp3) is 0.200. The summed E-state index contributed by atoms with van der Waals surface area (Å²) in [5.74, 6) is -0.354. The Morgan fingerprint density at radius 2 is 1.61 bits per heavy atom. The van der Waals surface area contributed by atoms with Crippen LogP contribution < -0.4 is 9.44 Å². The van der Waals surface area contributed by atoms with Crippen molar-refractivity contribution in [3.63, 3.8) is 0 Å². The molecule has 23 heavy (non-hydrogen) atoms. The molecule has 0 bridgehead atoms. The molecule has 0 amide bonds. The van der Waals surface area contributed by atoms with Crippen LogP contribution in [0.25, 0.3) is 0 Å². The summed E-state index contributed by atoms with van der Waals surface area (Å²) in [5, 5.41) is 0. The second-order valence-corrected chi connectivity index (χ2v) is 8.61. The number of hydrogen-bond acceptors (Lipinski definition) is 4. The third kappa shape index (κ3) is 5.34. The number of benzene rings is 2. The van der Waals surface area contributed by atoms with Gasteiger partial charge < -0.3 is 0 Å². The fourth-order valence-electron chi connectivity index (χ4n) is 1.91. The normalized spacial score (nSPS) is 12.0. The Balaban J connectivity index is 1.96. The van der Waals surface area contributed by atoms with E-state index >= 15 is 0 Å². The predicted molar refractivity (Wildman–Crippen MR) is 90.2 cm³/mol. The van der Waals surface area contributed by atoms with Gasteiger partial charge >= 0.3 is 0 Å². The van der Waals surface area contributed by atoms with Gasteiger partial charge in [-0.1, -0.05) is 30.3 Å². The van der Waals surface area contributed by atoms with Crippen LogP contribution in [-0.2, 0) is 20.0 Å². The lowest BCUT2D eigenvalue weighted by Crippen LogP contribution is -2.31. The Hall–Kier alpha value is -1.90. The minimum Gasteiger partial charge on any atom is -0.284 e. The van der Waals surface area contributed by atoms with E-state index in [1.54, 1.807) is 49.4 Å². The summed E-state index contributed by atoms with van der Waals surface area (Å²) in [6.07, 6.45) is 0. The summed E-state index contributed by atoms with van der Waals surface area (Å²) in [7, 11) is -7.34. The van der Waals surface area contributed by atoms with Crippen LogP contribution in [0.1, 0.15) is 5.56 Å². The van der Waals surface area contributed by atoms with Crippen molar-refractivity contribution in [3.8, 4) is 0 Å². The summed E-state index contributed by atoms with van der Waals surface area (Å²) in [4.78, 5) is 0.117. The summed E-state index contributed by atoms with van der Waals surface area (Å²) in [6, 6.07) is 14.8. The van der Waals surface area contributed by atoms with E-state index in [-0.39, 0.29) is 17.2 Å². The zero-order valence-electron chi connectivity index (χ0n) is 12.6. The van der Waals surface area contributed by atoms with Crippen LogP contribution in [0.5, 0.6) is 0 Å². The predicted octanol–water partition coefficient (Wildman–Crippen LogP) is 1.72. The van der Waals surface area contributed by atoms with Crippen LogP contribution in [-0.4, -0.2) is 29.1 Å². The number of nitrogens with one attached hydrogen (secondary N) is 2. The molecule has 2 aromatic rings. The van der Waals surface area contributed by atoms with Crippen molar-refractivity contribution in [2.75, 3.05) is 17.0 Å². The molecular weight excluding hydrogens is 336 g/mol. The molecule has 0 aromatic heterocycles. The molecule has 0 fully saturated rings. The molecule has 2 N–H and O–H groups in total. The number of rotatable bonds is 7. The molecule has 0 heterocycles. The quantitative estimate of drug-likeness (QED) is 0.792. The molecule has 2 aromatic carbocycles. The standard InChI is InChI=1S/C15H18N2O4S2/c1-13-6-5-9-15(12-13)23(20,21)16-10-11-22(18,19)17-14-7-3-2-4-8-14/h2-9,12,16-17H,10-11H2,1H3. The smallest absolute Gasteiger partial charge is 0.240 e. The molecule has 0 aliphatic carbocycles. The highest BCUT2D eigenvalue weighted by Crippen LogP contribution is 2.11. The first-order chi connectivity index (χ1) is 10.8. The molecule has 0 saturated carbocycles. The van der Waals surface area contributed by atoms with Crippen LogP contribution in [0, 0.1) is 6.92 Å². The molecule has 0 aliphatic rings. The molecule has 0 radical (unpaired) electrons. The van der Waals surface area contributed by atoms with Gasteiger partial charge in [0.15, 0.2) is 0 Å². The topological polar surface area (TPSA) is 92.3 Å². The maximum Gasteiger partial charge on any atom is 0.240 e. The Labute approximate surface area is 136 Å². The lowest BCUT2D eigenvalue weighted by atomic mass is 10.2. The Bertz CT molecular complexity index is 863. The summed E-state index contributed by atoms with van der Waals surface area (Å²) in [6.45, 7) is 1.58. The van der Waals surface area contributed by atoms with E-state index in [1.807, 2.05) is 0 Å². The Kier molecular flexibility index (Phi) is 5.40. The van der Waals surface area contributed by atoms with Gasteiger partial charge in [0.25, 0.3) is 0 Å². The van der Waals surface area contributed by atoms with Crippen LogP contribution in [0.2, 0.25) is 0 Å². The first-order valence-electron chi connectivity index (χ1n) is 6.90. The lowest BCUT2D eigenvalue weighted by molar-refractivity contribution is 0.582. The Morgan fingerprint density at radius 3 is 2.26 bits per heavy atom. The van der Waals surface area contributed by atoms with E-state index in [9.17, 15) is 16.8 Å². The van der Waals surface area contributed by atoms with Gasteiger partial charge in [0, 0.05) is 12.2 Å². The fourth-order valence-corrected chi connectivity index (χ4v) is 4.15. The molecule has 0 aliphatic heterocycles. The minimum atomic E-state index is -3.72. The highest BCUT2D eigenvalue weighted by atomic mass is 32.2. The van der Waals surface area contributed by atoms with E-state index in [4.69, 9.17) is 0 Å². The first-order valence-corrected chi connectivity index (χ1v) is 10.0. The van der Waals surface area contributed by atoms with Crippen molar-refractivity contribution < 1.29 is 16.8 Å². The van der Waals surface area contributed by atoms with Gasteiger partial charge in [-0.15, -0.1) is 0 Å². The van der Waals surface area contributed by atoms with Crippen molar-refractivity contribution in [2.24, 2.45) is 0 Å². The molecular formula is C15H18N2O4S2. The van der Waals surface area contributed by atoms with Gasteiger partial charge in [-0.2, -0.15) is 0 Å². The third-order valence-corrected chi connectivity index (χ3v) is 5.76. The van der Waals surface area contributed by atoms with E-state index in [1.165, 1.54) is 12.1 Å². The lowest BCUT2D eigenvalue weighted by Gasteiger charge is -2.09. The average molecular weight is 354 g/mol.